The Morgan fingerprint density at radius 1 is 1.15 bits per heavy atom. The van der Waals surface area contributed by atoms with Crippen molar-refractivity contribution in [2.24, 2.45) is 0 Å². The van der Waals surface area contributed by atoms with E-state index >= 15 is 0 Å². The van der Waals surface area contributed by atoms with Gasteiger partial charge in [0.05, 0.1) is 11.6 Å². The molecule has 1 amide bonds. The van der Waals surface area contributed by atoms with E-state index in [0.717, 1.165) is 25.2 Å². The second-order valence-corrected chi connectivity index (χ2v) is 7.69. The maximum absolute atomic E-state index is 12.7. The average Bonchev–Trinajstić information content (AvgIpc) is 2.78. The molecule has 1 aromatic rings. The highest BCUT2D eigenvalue weighted by Crippen LogP contribution is 2.29. The topological polar surface area (TPSA) is 48.5 Å². The largest absolute Gasteiger partial charge is 0.417 e. The van der Waals surface area contributed by atoms with Gasteiger partial charge in [0, 0.05) is 37.9 Å². The Labute approximate surface area is 152 Å². The van der Waals surface area contributed by atoms with Gasteiger partial charge in [-0.05, 0) is 46.2 Å². The van der Waals surface area contributed by atoms with E-state index in [9.17, 15) is 18.0 Å². The molecule has 0 bridgehead atoms. The van der Waals surface area contributed by atoms with Crippen LogP contribution in [-0.2, 0) is 11.0 Å². The number of alkyl halides is 3. The van der Waals surface area contributed by atoms with Gasteiger partial charge in [0.25, 0.3) is 0 Å². The molecule has 1 atom stereocenters. The van der Waals surface area contributed by atoms with Crippen molar-refractivity contribution in [3.63, 3.8) is 0 Å². The summed E-state index contributed by atoms with van der Waals surface area (Å²) in [6, 6.07) is 2.22. The highest BCUT2D eigenvalue weighted by molar-refractivity contribution is 5.81. The number of hydrogen-bond donors (Lipinski definition) is 1. The van der Waals surface area contributed by atoms with Crippen LogP contribution in [0.4, 0.5) is 19.0 Å². The highest BCUT2D eigenvalue weighted by atomic mass is 19.4. The molecule has 1 aliphatic rings. The van der Waals surface area contributed by atoms with Crippen LogP contribution in [0.3, 0.4) is 0 Å². The maximum atomic E-state index is 12.7. The fourth-order valence-electron chi connectivity index (χ4n) is 2.93. The van der Waals surface area contributed by atoms with Gasteiger partial charge in [-0.15, -0.1) is 0 Å². The summed E-state index contributed by atoms with van der Waals surface area (Å²) in [5.41, 5.74) is -1.03. The Morgan fingerprint density at radius 3 is 2.38 bits per heavy atom. The van der Waals surface area contributed by atoms with Crippen LogP contribution in [0.25, 0.3) is 0 Å². The Kier molecular flexibility index (Phi) is 6.16. The molecular formula is C18H27F3N4O. The molecule has 8 heteroatoms. The lowest BCUT2D eigenvalue weighted by atomic mass is 10.1. The van der Waals surface area contributed by atoms with E-state index in [1.165, 1.54) is 6.07 Å². The Balaban J connectivity index is 1.98. The first kappa shape index (κ1) is 20.5. The van der Waals surface area contributed by atoms with Crippen LogP contribution in [0.15, 0.2) is 18.3 Å². The molecule has 2 heterocycles. The Bertz CT molecular complexity index is 610. The molecule has 0 spiro atoms. The zero-order valence-electron chi connectivity index (χ0n) is 15.7. The fraction of sp³-hybridized carbons (Fsp3) is 0.667. The lowest BCUT2D eigenvalue weighted by Crippen LogP contribution is -2.51. The molecule has 0 aliphatic carbocycles. The van der Waals surface area contributed by atoms with Crippen molar-refractivity contribution in [3.8, 4) is 0 Å². The molecule has 1 aliphatic heterocycles. The van der Waals surface area contributed by atoms with E-state index in [2.05, 4.69) is 15.2 Å². The number of anilines is 1. The van der Waals surface area contributed by atoms with Gasteiger partial charge in [0.1, 0.15) is 5.82 Å². The van der Waals surface area contributed by atoms with Gasteiger partial charge in [0.15, 0.2) is 0 Å². The summed E-state index contributed by atoms with van der Waals surface area (Å²) in [5, 5.41) is 2.99. The van der Waals surface area contributed by atoms with E-state index in [0.29, 0.717) is 25.5 Å². The number of carbonyl (C=O) groups excluding carboxylic acids is 1. The van der Waals surface area contributed by atoms with Gasteiger partial charge in [-0.3, -0.25) is 9.69 Å². The predicted molar refractivity (Wildman–Crippen MR) is 95.0 cm³/mol. The number of pyridine rings is 1. The fourth-order valence-corrected chi connectivity index (χ4v) is 2.93. The highest BCUT2D eigenvalue weighted by Gasteiger charge is 2.31. The summed E-state index contributed by atoms with van der Waals surface area (Å²) in [5.74, 6) is 0.519. The van der Waals surface area contributed by atoms with Crippen molar-refractivity contribution >= 4 is 11.7 Å². The number of amides is 1. The predicted octanol–water partition coefficient (Wildman–Crippen LogP) is 2.92. The van der Waals surface area contributed by atoms with E-state index in [-0.39, 0.29) is 17.5 Å². The van der Waals surface area contributed by atoms with Gasteiger partial charge in [-0.25, -0.2) is 4.98 Å². The van der Waals surface area contributed by atoms with Gasteiger partial charge < -0.3 is 10.2 Å². The number of carbonyl (C=O) groups is 1. The first-order chi connectivity index (χ1) is 12.0. The van der Waals surface area contributed by atoms with Crippen LogP contribution >= 0.6 is 0 Å². The number of aromatic nitrogens is 1. The first-order valence-electron chi connectivity index (χ1n) is 8.81. The Morgan fingerprint density at radius 2 is 1.85 bits per heavy atom. The molecule has 26 heavy (non-hydrogen) atoms. The molecule has 5 nitrogen and oxygen atoms in total. The summed E-state index contributed by atoms with van der Waals surface area (Å²) in [4.78, 5) is 20.4. The van der Waals surface area contributed by atoms with Crippen molar-refractivity contribution in [3.05, 3.63) is 23.9 Å². The van der Waals surface area contributed by atoms with Crippen molar-refractivity contribution in [1.29, 1.82) is 0 Å². The first-order valence-corrected chi connectivity index (χ1v) is 8.81. The molecule has 1 fully saturated rings. The van der Waals surface area contributed by atoms with Crippen LogP contribution < -0.4 is 10.2 Å². The molecule has 2 rings (SSSR count). The Hall–Kier alpha value is -1.83. The van der Waals surface area contributed by atoms with Crippen LogP contribution in [0.5, 0.6) is 0 Å². The number of nitrogens with zero attached hydrogens (tertiary/aromatic N) is 3. The van der Waals surface area contributed by atoms with Crippen molar-refractivity contribution in [2.75, 3.05) is 31.1 Å². The number of rotatable bonds is 3. The molecule has 0 aromatic carbocycles. The van der Waals surface area contributed by atoms with Crippen molar-refractivity contribution < 1.29 is 18.0 Å². The van der Waals surface area contributed by atoms with Crippen LogP contribution in [-0.4, -0.2) is 53.6 Å². The van der Waals surface area contributed by atoms with Gasteiger partial charge in [-0.1, -0.05) is 0 Å². The molecule has 0 unspecified atom stereocenters. The third-order valence-corrected chi connectivity index (χ3v) is 4.36. The van der Waals surface area contributed by atoms with E-state index in [1.807, 2.05) is 32.6 Å². The molecule has 1 saturated heterocycles. The standard InChI is InChI=1S/C18H27F3N4O/c1-13(16(26)23-17(2,3)4)24-8-5-9-25(11-10-24)15-7-6-14(12-22-15)18(19,20)21/h6-7,12-13H,5,8-11H2,1-4H3,(H,23,26)/t13-/m1/s1. The third-order valence-electron chi connectivity index (χ3n) is 4.36. The number of halogens is 3. The molecular weight excluding hydrogens is 345 g/mol. The van der Waals surface area contributed by atoms with Gasteiger partial charge >= 0.3 is 6.18 Å². The normalized spacial score (nSPS) is 18.3. The summed E-state index contributed by atoms with van der Waals surface area (Å²) < 4.78 is 38.0. The summed E-state index contributed by atoms with van der Waals surface area (Å²) in [6.45, 7) is 10.4. The molecule has 1 N–H and O–H groups in total. The second-order valence-electron chi connectivity index (χ2n) is 7.69. The number of nitrogens with one attached hydrogen (secondary N) is 1. The second kappa shape index (κ2) is 7.82. The number of hydrogen-bond acceptors (Lipinski definition) is 4. The zero-order valence-corrected chi connectivity index (χ0v) is 15.7. The van der Waals surface area contributed by atoms with E-state index in [1.54, 1.807) is 0 Å². The third kappa shape index (κ3) is 5.59. The summed E-state index contributed by atoms with van der Waals surface area (Å²) in [6.07, 6.45) is -2.69. The minimum atomic E-state index is -4.38. The smallest absolute Gasteiger partial charge is 0.355 e. The maximum Gasteiger partial charge on any atom is 0.417 e. The lowest BCUT2D eigenvalue weighted by molar-refractivity contribution is -0.137. The SMILES string of the molecule is C[C@H](C(=O)NC(C)(C)C)N1CCCN(c2ccc(C(F)(F)F)cn2)CC1. The monoisotopic (exact) mass is 372 g/mol. The molecule has 0 radical (unpaired) electrons. The van der Waals surface area contributed by atoms with Crippen LogP contribution in [0.1, 0.15) is 39.7 Å². The van der Waals surface area contributed by atoms with Crippen molar-refractivity contribution in [1.82, 2.24) is 15.2 Å². The van der Waals surface area contributed by atoms with Gasteiger partial charge in [-0.2, -0.15) is 13.2 Å². The minimum Gasteiger partial charge on any atom is -0.355 e. The van der Waals surface area contributed by atoms with Gasteiger partial charge in [0.2, 0.25) is 5.91 Å². The zero-order chi connectivity index (χ0) is 19.5. The quantitative estimate of drug-likeness (QED) is 0.886. The van der Waals surface area contributed by atoms with Crippen LogP contribution in [0.2, 0.25) is 0 Å². The summed E-state index contributed by atoms with van der Waals surface area (Å²) in [7, 11) is 0. The minimum absolute atomic E-state index is 0.0152. The average molecular weight is 372 g/mol. The van der Waals surface area contributed by atoms with E-state index in [4.69, 9.17) is 0 Å². The lowest BCUT2D eigenvalue weighted by Gasteiger charge is -2.30. The van der Waals surface area contributed by atoms with Crippen molar-refractivity contribution in [2.45, 2.75) is 51.9 Å². The molecule has 146 valence electrons. The summed E-state index contributed by atoms with van der Waals surface area (Å²) >= 11 is 0. The molecule has 0 saturated carbocycles. The van der Waals surface area contributed by atoms with Crippen LogP contribution in [0, 0.1) is 0 Å². The molecule has 1 aromatic heterocycles. The van der Waals surface area contributed by atoms with E-state index < -0.39 is 11.7 Å².